The Hall–Kier alpha value is -1.36. The molecule has 1 saturated carbocycles. The van der Waals surface area contributed by atoms with E-state index in [-0.39, 0.29) is 23.7 Å². The van der Waals surface area contributed by atoms with Crippen molar-refractivity contribution in [1.29, 1.82) is 0 Å². The number of fused-ring (bicyclic) bond motifs is 1. The number of amides is 2. The van der Waals surface area contributed by atoms with Crippen LogP contribution >= 0.6 is 15.9 Å². The Morgan fingerprint density at radius 1 is 1.11 bits per heavy atom. The first-order valence-electron chi connectivity index (χ1n) is 6.52. The minimum Gasteiger partial charge on any atom is -0.398 e. The summed E-state index contributed by atoms with van der Waals surface area (Å²) in [4.78, 5) is 26.1. The number of anilines is 2. The second-order valence-corrected chi connectivity index (χ2v) is 6.07. The number of benzene rings is 1. The van der Waals surface area contributed by atoms with Crippen molar-refractivity contribution in [2.75, 3.05) is 10.6 Å². The van der Waals surface area contributed by atoms with Gasteiger partial charge in [0.2, 0.25) is 11.8 Å². The highest BCUT2D eigenvalue weighted by Gasteiger charge is 2.48. The smallest absolute Gasteiger partial charge is 0.237 e. The van der Waals surface area contributed by atoms with Crippen LogP contribution in [0.1, 0.15) is 25.7 Å². The minimum absolute atomic E-state index is 0.0497. The van der Waals surface area contributed by atoms with Gasteiger partial charge < -0.3 is 5.73 Å². The van der Waals surface area contributed by atoms with Crippen LogP contribution in [0.3, 0.4) is 0 Å². The molecule has 2 N–H and O–H groups in total. The summed E-state index contributed by atoms with van der Waals surface area (Å²) in [5.74, 6) is -0.326. The molecule has 1 aromatic rings. The molecule has 1 heterocycles. The zero-order chi connectivity index (χ0) is 13.6. The number of hydrogen-bond donors (Lipinski definition) is 1. The van der Waals surface area contributed by atoms with Crippen molar-refractivity contribution in [3.8, 4) is 0 Å². The van der Waals surface area contributed by atoms with Crippen molar-refractivity contribution in [2.24, 2.45) is 11.8 Å². The summed E-state index contributed by atoms with van der Waals surface area (Å²) >= 11 is 3.34. The van der Waals surface area contributed by atoms with Crippen LogP contribution in [0.25, 0.3) is 0 Å². The van der Waals surface area contributed by atoms with Gasteiger partial charge in [0.05, 0.1) is 17.5 Å². The largest absolute Gasteiger partial charge is 0.398 e. The quantitative estimate of drug-likeness (QED) is 0.638. The van der Waals surface area contributed by atoms with E-state index in [1.807, 2.05) is 0 Å². The fourth-order valence-electron chi connectivity index (χ4n) is 3.07. The molecule has 0 bridgehead atoms. The second kappa shape index (κ2) is 4.63. The topological polar surface area (TPSA) is 63.4 Å². The first-order valence-corrected chi connectivity index (χ1v) is 7.31. The fourth-order valence-corrected chi connectivity index (χ4v) is 3.44. The number of nitrogens with zero attached hydrogens (tertiary/aromatic N) is 1. The number of rotatable bonds is 1. The van der Waals surface area contributed by atoms with Crippen molar-refractivity contribution in [3.63, 3.8) is 0 Å². The van der Waals surface area contributed by atoms with Crippen molar-refractivity contribution < 1.29 is 9.59 Å². The fraction of sp³-hybridized carbons (Fsp3) is 0.429. The maximum Gasteiger partial charge on any atom is 0.237 e. The molecule has 1 aromatic carbocycles. The van der Waals surface area contributed by atoms with Gasteiger partial charge in [0.1, 0.15) is 0 Å². The van der Waals surface area contributed by atoms with Gasteiger partial charge in [0.15, 0.2) is 0 Å². The molecular weight excluding hydrogens is 308 g/mol. The molecule has 0 spiro atoms. The van der Waals surface area contributed by atoms with Gasteiger partial charge in [-0.2, -0.15) is 0 Å². The number of nitrogen functional groups attached to an aromatic ring is 1. The van der Waals surface area contributed by atoms with Gasteiger partial charge in [-0.05, 0) is 47.0 Å². The SMILES string of the molecule is Nc1ccc(N2C(=O)C3CCCCC3C2=O)cc1Br. The van der Waals surface area contributed by atoms with Crippen LogP contribution in [0.2, 0.25) is 0 Å². The van der Waals surface area contributed by atoms with Gasteiger partial charge in [-0.3, -0.25) is 14.5 Å². The van der Waals surface area contributed by atoms with E-state index in [9.17, 15) is 9.59 Å². The molecule has 19 heavy (non-hydrogen) atoms. The van der Waals surface area contributed by atoms with Crippen LogP contribution in [-0.2, 0) is 9.59 Å². The summed E-state index contributed by atoms with van der Waals surface area (Å²) < 4.78 is 0.709. The minimum atomic E-state index is -0.113. The van der Waals surface area contributed by atoms with Crippen molar-refractivity contribution in [3.05, 3.63) is 22.7 Å². The third-order valence-electron chi connectivity index (χ3n) is 4.08. The highest BCUT2D eigenvalue weighted by atomic mass is 79.9. The Bertz CT molecular complexity index is 534. The number of nitrogens with two attached hydrogens (primary N) is 1. The predicted molar refractivity (Wildman–Crippen MR) is 76.5 cm³/mol. The average Bonchev–Trinajstić information content (AvgIpc) is 2.66. The average molecular weight is 323 g/mol. The van der Waals surface area contributed by atoms with E-state index < -0.39 is 0 Å². The zero-order valence-corrected chi connectivity index (χ0v) is 12.0. The molecule has 1 saturated heterocycles. The van der Waals surface area contributed by atoms with E-state index in [0.29, 0.717) is 15.8 Å². The Morgan fingerprint density at radius 2 is 1.68 bits per heavy atom. The molecule has 2 amide bonds. The maximum atomic E-state index is 12.4. The van der Waals surface area contributed by atoms with E-state index in [0.717, 1.165) is 25.7 Å². The molecule has 4 nitrogen and oxygen atoms in total. The summed E-state index contributed by atoms with van der Waals surface area (Å²) in [6.07, 6.45) is 3.75. The summed E-state index contributed by atoms with van der Waals surface area (Å²) in [6, 6.07) is 5.18. The Balaban J connectivity index is 1.98. The van der Waals surface area contributed by atoms with E-state index >= 15 is 0 Å². The van der Waals surface area contributed by atoms with Gasteiger partial charge in [0.25, 0.3) is 0 Å². The molecular formula is C14H15BrN2O2. The molecule has 2 atom stereocenters. The number of hydrogen-bond acceptors (Lipinski definition) is 3. The van der Waals surface area contributed by atoms with Crippen LogP contribution in [0.5, 0.6) is 0 Å². The first kappa shape index (κ1) is 12.7. The van der Waals surface area contributed by atoms with Crippen molar-refractivity contribution in [2.45, 2.75) is 25.7 Å². The summed E-state index contributed by atoms with van der Waals surface area (Å²) in [7, 11) is 0. The van der Waals surface area contributed by atoms with Gasteiger partial charge in [-0.1, -0.05) is 12.8 Å². The van der Waals surface area contributed by atoms with E-state index in [1.165, 1.54) is 4.90 Å². The lowest BCUT2D eigenvalue weighted by atomic mass is 9.81. The monoisotopic (exact) mass is 322 g/mol. The lowest BCUT2D eigenvalue weighted by Gasteiger charge is -2.19. The lowest BCUT2D eigenvalue weighted by molar-refractivity contribution is -0.122. The summed E-state index contributed by atoms with van der Waals surface area (Å²) in [5.41, 5.74) is 6.95. The zero-order valence-electron chi connectivity index (χ0n) is 10.4. The highest BCUT2D eigenvalue weighted by molar-refractivity contribution is 9.10. The molecule has 2 aliphatic rings. The van der Waals surface area contributed by atoms with Crippen molar-refractivity contribution >= 4 is 39.1 Å². The van der Waals surface area contributed by atoms with Crippen LogP contribution in [0, 0.1) is 11.8 Å². The van der Waals surface area contributed by atoms with E-state index in [1.54, 1.807) is 18.2 Å². The Kier molecular flexibility index (Phi) is 3.09. The van der Waals surface area contributed by atoms with Crippen LogP contribution in [-0.4, -0.2) is 11.8 Å². The van der Waals surface area contributed by atoms with Gasteiger partial charge in [-0.15, -0.1) is 0 Å². The van der Waals surface area contributed by atoms with Crippen LogP contribution in [0.4, 0.5) is 11.4 Å². The molecule has 0 radical (unpaired) electrons. The van der Waals surface area contributed by atoms with Gasteiger partial charge >= 0.3 is 0 Å². The van der Waals surface area contributed by atoms with E-state index in [2.05, 4.69) is 15.9 Å². The number of imide groups is 1. The Labute approximate surface area is 120 Å². The van der Waals surface area contributed by atoms with Crippen molar-refractivity contribution in [1.82, 2.24) is 0 Å². The Morgan fingerprint density at radius 3 is 2.21 bits per heavy atom. The van der Waals surface area contributed by atoms with E-state index in [4.69, 9.17) is 5.73 Å². The predicted octanol–water partition coefficient (Wildman–Crippen LogP) is 2.71. The normalized spacial score (nSPS) is 26.7. The third kappa shape index (κ3) is 1.96. The molecule has 2 fully saturated rings. The van der Waals surface area contributed by atoms with Crippen LogP contribution in [0.15, 0.2) is 22.7 Å². The highest BCUT2D eigenvalue weighted by Crippen LogP contribution is 2.40. The molecule has 1 aliphatic heterocycles. The molecule has 2 unspecified atom stereocenters. The maximum absolute atomic E-state index is 12.4. The van der Waals surface area contributed by atoms with Gasteiger partial charge in [0, 0.05) is 10.2 Å². The third-order valence-corrected chi connectivity index (χ3v) is 4.77. The van der Waals surface area contributed by atoms with Gasteiger partial charge in [-0.25, -0.2) is 0 Å². The first-order chi connectivity index (χ1) is 9.09. The molecule has 5 heteroatoms. The molecule has 100 valence electrons. The summed E-state index contributed by atoms with van der Waals surface area (Å²) in [5, 5.41) is 0. The van der Waals surface area contributed by atoms with Crippen LogP contribution < -0.4 is 10.6 Å². The standard InChI is InChI=1S/C14H15BrN2O2/c15-11-7-8(5-6-12(11)16)17-13(18)9-3-1-2-4-10(9)14(17)19/h5-7,9-10H,1-4,16H2. The molecule has 1 aliphatic carbocycles. The molecule has 3 rings (SSSR count). The molecule has 0 aromatic heterocycles. The summed E-state index contributed by atoms with van der Waals surface area (Å²) in [6.45, 7) is 0. The second-order valence-electron chi connectivity index (χ2n) is 5.22. The number of halogens is 1. The lowest BCUT2D eigenvalue weighted by Crippen LogP contribution is -2.30. The number of carbonyl (C=O) groups is 2. The number of carbonyl (C=O) groups excluding carboxylic acids is 2.